The summed E-state index contributed by atoms with van der Waals surface area (Å²) >= 11 is 0. The van der Waals surface area contributed by atoms with Crippen LogP contribution in [0.15, 0.2) is 22.6 Å². The van der Waals surface area contributed by atoms with Crippen molar-refractivity contribution in [2.75, 3.05) is 53.7 Å². The smallest absolute Gasteiger partial charge is 0.311 e. The van der Waals surface area contributed by atoms with E-state index in [4.69, 9.17) is 42.9 Å². The highest BCUT2D eigenvalue weighted by Crippen LogP contribution is 2.19. The molecule has 0 spiro atoms. The Morgan fingerprint density at radius 1 is 0.697 bits per heavy atom. The van der Waals surface area contributed by atoms with Gasteiger partial charge in [-0.25, -0.2) is 9.36 Å². The van der Waals surface area contributed by atoms with Gasteiger partial charge in [-0.05, 0) is 29.3 Å². The monoisotopic (exact) mass is 928 g/mol. The summed E-state index contributed by atoms with van der Waals surface area (Å²) in [6, 6.07) is 0. The molecule has 0 saturated carbocycles. The molecule has 2 heterocycles. The lowest BCUT2D eigenvalue weighted by atomic mass is 9.93. The summed E-state index contributed by atoms with van der Waals surface area (Å²) in [6.45, 7) is 12.5. The van der Waals surface area contributed by atoms with Crippen molar-refractivity contribution in [2.45, 2.75) is 105 Å². The van der Waals surface area contributed by atoms with Gasteiger partial charge in [0.15, 0.2) is 26.7 Å². The van der Waals surface area contributed by atoms with Gasteiger partial charge in [0.05, 0.1) is 63.1 Å². The summed E-state index contributed by atoms with van der Waals surface area (Å²) in [5.41, 5.74) is 17.2. The highest BCUT2D eigenvalue weighted by atomic mass is 16.6. The molecule has 362 valence electrons. The van der Waals surface area contributed by atoms with Crippen LogP contribution < -0.4 is 0 Å². The van der Waals surface area contributed by atoms with Crippen molar-refractivity contribution in [1.29, 1.82) is 0 Å². The van der Waals surface area contributed by atoms with Crippen molar-refractivity contribution in [3.05, 3.63) is 44.7 Å². The van der Waals surface area contributed by atoms with Crippen LogP contribution in [-0.4, -0.2) is 120 Å². The maximum atomic E-state index is 12.1. The van der Waals surface area contributed by atoms with Crippen LogP contribution in [0.3, 0.4) is 0 Å². The van der Waals surface area contributed by atoms with Gasteiger partial charge < -0.3 is 33.2 Å². The van der Waals surface area contributed by atoms with Crippen molar-refractivity contribution in [2.24, 2.45) is 27.5 Å². The molecule has 25 heteroatoms. The molecule has 0 radical (unpaired) electrons. The molecule has 0 amide bonds. The Bertz CT molecular complexity index is 1960. The molecule has 1 unspecified atom stereocenters. The molecular weight excluding hydrogens is 869 g/mol. The van der Waals surface area contributed by atoms with Crippen molar-refractivity contribution in [3.8, 4) is 24.7 Å². The number of hydrogen-bond acceptors (Lipinski definition) is 19. The third-order valence-electron chi connectivity index (χ3n) is 7.87. The van der Waals surface area contributed by atoms with Gasteiger partial charge >= 0.3 is 35.8 Å². The van der Waals surface area contributed by atoms with Gasteiger partial charge in [-0.2, -0.15) is 0 Å². The number of carbonyl (C=O) groups is 6. The van der Waals surface area contributed by atoms with Crippen LogP contribution in [0.5, 0.6) is 0 Å². The Hall–Kier alpha value is -7.20. The predicted molar refractivity (Wildman–Crippen MR) is 231 cm³/mol. The fraction of sp³-hybridized carbons (Fsp3) is 0.659. The summed E-state index contributed by atoms with van der Waals surface area (Å²) < 4.78 is 37.3. The molecule has 0 N–H and O–H groups in total. The van der Waals surface area contributed by atoms with E-state index in [1.54, 1.807) is 12.4 Å². The van der Waals surface area contributed by atoms with Crippen molar-refractivity contribution in [1.82, 2.24) is 30.0 Å². The predicted octanol–water partition coefficient (Wildman–Crippen LogP) is 4.34. The van der Waals surface area contributed by atoms with E-state index in [2.05, 4.69) is 66.7 Å². The number of azide groups is 2. The first-order valence-electron chi connectivity index (χ1n) is 20.3. The summed E-state index contributed by atoms with van der Waals surface area (Å²) in [6.07, 6.45) is 14.4. The number of esters is 6. The second-order valence-corrected chi connectivity index (χ2v) is 15.9. The Morgan fingerprint density at radius 3 is 1.55 bits per heavy atom. The number of rotatable bonds is 25. The first-order chi connectivity index (χ1) is 31.2. The van der Waals surface area contributed by atoms with E-state index < -0.39 is 47.7 Å². The molecule has 2 aromatic heterocycles. The number of hydrogen-bond donors (Lipinski definition) is 0. The van der Waals surface area contributed by atoms with E-state index in [0.29, 0.717) is 18.7 Å². The minimum absolute atomic E-state index is 0.0253. The quantitative estimate of drug-likeness (QED) is 0.0334. The molecule has 0 saturated heterocycles. The van der Waals surface area contributed by atoms with Crippen molar-refractivity contribution < 1.29 is 61.9 Å². The fourth-order valence-electron chi connectivity index (χ4n) is 4.54. The number of methoxy groups -OCH3 is 2. The van der Waals surface area contributed by atoms with Gasteiger partial charge in [-0.15, -0.1) is 23.0 Å². The molecular formula is C41H60N12O13. The van der Waals surface area contributed by atoms with E-state index in [9.17, 15) is 28.8 Å². The van der Waals surface area contributed by atoms with E-state index in [1.807, 2.05) is 41.5 Å². The van der Waals surface area contributed by atoms with Crippen LogP contribution in [0.2, 0.25) is 0 Å². The zero-order valence-corrected chi connectivity index (χ0v) is 38.7. The summed E-state index contributed by atoms with van der Waals surface area (Å²) in [5.74, 6) is 0.396. The maximum Gasteiger partial charge on any atom is 0.311 e. The standard InChI is InChI=1S/C25H40N6O7.C11H12O4.C5H8N6O2/c1-24(2,3)15-36-14-18(23(34)35-7)11-19-12-30(28-26-19)16-37-21(32)9-8-10-22(33)38-17-31-13-20(27-29-31)25(4,5)6;1-3-8-14-10(12)6-5-7-11(13)15-9-4-2;1-13-5(12)4(2-8-10-6)3-9-11-7/h12-13,18H,8-11,14-17H2,1-7H3;1-2H,5-9H2;4H,2-3H2,1H3. The second kappa shape index (κ2) is 33.3. The minimum atomic E-state index is -0.697. The lowest BCUT2D eigenvalue weighted by Crippen LogP contribution is -2.26. The highest BCUT2D eigenvalue weighted by molar-refractivity contribution is 5.74. The molecule has 25 nitrogen and oxygen atoms in total. The molecule has 0 aliphatic carbocycles. The Labute approximate surface area is 383 Å². The lowest BCUT2D eigenvalue weighted by molar-refractivity contribution is -0.150. The van der Waals surface area contributed by atoms with Crippen LogP contribution in [0.25, 0.3) is 20.9 Å². The average molecular weight is 929 g/mol. The van der Waals surface area contributed by atoms with Crippen molar-refractivity contribution in [3.63, 3.8) is 0 Å². The molecule has 0 aromatic carbocycles. The number of terminal acetylenes is 2. The third kappa shape index (κ3) is 29.2. The maximum absolute atomic E-state index is 12.1. The molecule has 2 rings (SSSR count). The van der Waals surface area contributed by atoms with Gasteiger partial charge in [0.25, 0.3) is 0 Å². The number of carbonyl (C=O) groups excluding carboxylic acids is 6. The van der Waals surface area contributed by atoms with Crippen LogP contribution in [0.1, 0.15) is 91.5 Å². The summed E-state index contributed by atoms with van der Waals surface area (Å²) in [5, 5.41) is 22.4. The van der Waals surface area contributed by atoms with Crippen LogP contribution >= 0.6 is 0 Å². The van der Waals surface area contributed by atoms with Crippen LogP contribution in [0.4, 0.5) is 0 Å². The zero-order valence-electron chi connectivity index (χ0n) is 38.7. The lowest BCUT2D eigenvalue weighted by Gasteiger charge is -2.20. The van der Waals surface area contributed by atoms with E-state index in [-0.39, 0.29) is 95.7 Å². The fourth-order valence-corrected chi connectivity index (χ4v) is 4.54. The third-order valence-corrected chi connectivity index (χ3v) is 7.87. The average Bonchev–Trinajstić information content (AvgIpc) is 3.96. The summed E-state index contributed by atoms with van der Waals surface area (Å²) in [4.78, 5) is 73.8. The number of ether oxygens (including phenoxy) is 7. The minimum Gasteiger partial charge on any atom is -0.469 e. The SMILES string of the molecule is C#CCOC(=O)CCCC(=O)OCC#C.COC(=O)C(CN=[N+]=[N-])CN=[N+]=[N-].COC(=O)C(COCC(C)(C)C)Cc1cn(COC(=O)CCCC(=O)OCn2cc(C(C)(C)C)nn2)nn1. The van der Waals surface area contributed by atoms with Gasteiger partial charge in [0.2, 0.25) is 0 Å². The molecule has 0 fully saturated rings. The summed E-state index contributed by atoms with van der Waals surface area (Å²) in [7, 11) is 2.54. The normalized spacial score (nSPS) is 11.3. The first-order valence-corrected chi connectivity index (χ1v) is 20.3. The van der Waals surface area contributed by atoms with Crippen LogP contribution in [-0.2, 0) is 87.2 Å². The van der Waals surface area contributed by atoms with E-state index in [1.165, 1.54) is 23.6 Å². The second-order valence-electron chi connectivity index (χ2n) is 15.9. The molecule has 0 aliphatic heterocycles. The Morgan fingerprint density at radius 2 is 1.14 bits per heavy atom. The molecule has 0 bridgehead atoms. The van der Waals surface area contributed by atoms with Gasteiger partial charge in [0, 0.05) is 60.4 Å². The van der Waals surface area contributed by atoms with Gasteiger partial charge in [-0.1, -0.05) is 74.0 Å². The van der Waals surface area contributed by atoms with E-state index >= 15 is 0 Å². The number of nitrogens with zero attached hydrogens (tertiary/aromatic N) is 12. The highest BCUT2D eigenvalue weighted by Gasteiger charge is 2.24. The molecule has 66 heavy (non-hydrogen) atoms. The molecule has 1 atom stereocenters. The topological polar surface area (TPSA) is 326 Å². The van der Waals surface area contributed by atoms with Gasteiger partial charge in [0.1, 0.15) is 0 Å². The van der Waals surface area contributed by atoms with Crippen LogP contribution in [0, 0.1) is 41.9 Å². The first kappa shape index (κ1) is 58.8. The molecule has 2 aromatic rings. The van der Waals surface area contributed by atoms with E-state index in [0.717, 1.165) is 5.69 Å². The van der Waals surface area contributed by atoms with Gasteiger partial charge in [-0.3, -0.25) is 28.8 Å². The molecule has 0 aliphatic rings. The largest absolute Gasteiger partial charge is 0.469 e. The number of aromatic nitrogens is 6. The zero-order chi connectivity index (χ0) is 50.0. The van der Waals surface area contributed by atoms with Crippen molar-refractivity contribution >= 4 is 35.8 Å². The Balaban J connectivity index is 0.00000123. The Kier molecular flexibility index (Phi) is 29.7.